The van der Waals surface area contributed by atoms with Crippen LogP contribution in [0.15, 0.2) is 21.9 Å². The SMILES string of the molecule is CC(C)[Si]1(C(C)C)OC[C@H]2O[C@@H](n3ccc(=O)[nH]c3=O)[C@](C)(O)[C@@H]2O[Si](C(C)C)(C(C)C)O1. The Hall–Kier alpha value is -1.09. The van der Waals surface area contributed by atoms with E-state index in [1.807, 2.05) is 0 Å². The van der Waals surface area contributed by atoms with Crippen molar-refractivity contribution in [1.29, 1.82) is 0 Å². The highest BCUT2D eigenvalue weighted by Gasteiger charge is 2.64. The largest absolute Gasteiger partial charge is 0.414 e. The number of nitrogens with zero attached hydrogens (tertiary/aromatic N) is 1. The topological polar surface area (TPSA) is 112 Å². The molecule has 2 aliphatic rings. The number of hydrogen-bond acceptors (Lipinski definition) is 7. The Labute approximate surface area is 197 Å². The molecule has 2 fully saturated rings. The molecule has 2 N–H and O–H groups in total. The molecule has 3 heterocycles. The predicted octanol–water partition coefficient (Wildman–Crippen LogP) is 3.14. The molecule has 0 saturated carbocycles. The summed E-state index contributed by atoms with van der Waals surface area (Å²) < 4.78 is 28.2. The zero-order valence-electron chi connectivity index (χ0n) is 21.2. The molecule has 0 aromatic carbocycles. The normalized spacial score (nSPS) is 31.8. The van der Waals surface area contributed by atoms with Crippen LogP contribution in [0.3, 0.4) is 0 Å². The molecule has 0 spiro atoms. The van der Waals surface area contributed by atoms with E-state index in [4.69, 9.17) is 17.7 Å². The van der Waals surface area contributed by atoms with Crippen LogP contribution in [-0.4, -0.2) is 56.2 Å². The molecule has 4 atom stereocenters. The Morgan fingerprint density at radius 2 is 1.58 bits per heavy atom. The van der Waals surface area contributed by atoms with E-state index >= 15 is 0 Å². The molecule has 1 aromatic rings. The maximum atomic E-state index is 12.5. The first-order valence-corrected chi connectivity index (χ1v) is 15.8. The molecule has 33 heavy (non-hydrogen) atoms. The average Bonchev–Trinajstić information content (AvgIpc) is 2.90. The third kappa shape index (κ3) is 4.37. The molecule has 0 bridgehead atoms. The summed E-state index contributed by atoms with van der Waals surface area (Å²) >= 11 is 0. The van der Waals surface area contributed by atoms with Gasteiger partial charge in [-0.2, -0.15) is 0 Å². The van der Waals surface area contributed by atoms with Crippen LogP contribution in [0.1, 0.15) is 68.5 Å². The number of aromatic nitrogens is 2. The number of H-pyrrole nitrogens is 1. The minimum absolute atomic E-state index is 0.0925. The number of fused-ring (bicyclic) bond motifs is 1. The van der Waals surface area contributed by atoms with Crippen molar-refractivity contribution in [3.05, 3.63) is 33.1 Å². The van der Waals surface area contributed by atoms with Gasteiger partial charge in [0.25, 0.3) is 5.56 Å². The fraction of sp³-hybridized carbons (Fsp3) is 0.818. The molecule has 3 rings (SSSR count). The first-order chi connectivity index (χ1) is 15.2. The lowest BCUT2D eigenvalue weighted by Gasteiger charge is -2.52. The summed E-state index contributed by atoms with van der Waals surface area (Å²) in [5, 5.41) is 11.7. The monoisotopic (exact) mass is 500 g/mol. The fourth-order valence-corrected chi connectivity index (χ4v) is 16.6. The van der Waals surface area contributed by atoms with E-state index in [9.17, 15) is 14.7 Å². The smallest absolute Gasteiger partial charge is 0.335 e. The van der Waals surface area contributed by atoms with Gasteiger partial charge in [-0.3, -0.25) is 14.3 Å². The lowest BCUT2D eigenvalue weighted by Crippen LogP contribution is -2.67. The van der Waals surface area contributed by atoms with E-state index < -0.39 is 52.4 Å². The van der Waals surface area contributed by atoms with Crippen LogP contribution in [0, 0.1) is 0 Å². The van der Waals surface area contributed by atoms with Gasteiger partial charge in [-0.05, 0) is 29.1 Å². The summed E-state index contributed by atoms with van der Waals surface area (Å²) in [6, 6.07) is 1.23. The predicted molar refractivity (Wildman–Crippen MR) is 130 cm³/mol. The molecule has 2 aliphatic heterocycles. The minimum Gasteiger partial charge on any atom is -0.414 e. The van der Waals surface area contributed by atoms with E-state index in [0.717, 1.165) is 0 Å². The van der Waals surface area contributed by atoms with Crippen molar-refractivity contribution in [3.8, 4) is 0 Å². The standard InChI is InChI=1S/C22H40N2O7Si2/c1-13(2)32(14(3)4)28-12-17-19(30-33(31-32,15(5)6)16(7)8)22(9,27)20(29-17)24-11-10-18(25)23-21(24)26/h10-11,13-17,19-20,27H,12H2,1-9H3,(H,23,25,26)/t17-,19-,20-,22-/m1/s1. The zero-order chi connectivity index (χ0) is 24.9. The van der Waals surface area contributed by atoms with Crippen molar-refractivity contribution in [1.82, 2.24) is 9.55 Å². The van der Waals surface area contributed by atoms with Gasteiger partial charge in [0.1, 0.15) is 17.8 Å². The van der Waals surface area contributed by atoms with Crippen molar-refractivity contribution >= 4 is 17.1 Å². The van der Waals surface area contributed by atoms with Gasteiger partial charge in [-0.15, -0.1) is 0 Å². The second-order valence-electron chi connectivity index (χ2n) is 10.8. The van der Waals surface area contributed by atoms with Crippen molar-refractivity contribution < 1.29 is 22.8 Å². The third-order valence-electron chi connectivity index (χ3n) is 7.14. The minimum atomic E-state index is -2.96. The summed E-state index contributed by atoms with van der Waals surface area (Å²) in [5.41, 5.74) is -2.17. The number of ether oxygens (including phenoxy) is 1. The number of aliphatic hydroxyl groups is 1. The first kappa shape index (κ1) is 26.5. The molecule has 11 heteroatoms. The zero-order valence-corrected chi connectivity index (χ0v) is 23.2. The van der Waals surface area contributed by atoms with Gasteiger partial charge < -0.3 is 22.8 Å². The van der Waals surface area contributed by atoms with E-state index in [0.29, 0.717) is 0 Å². The molecular formula is C22H40N2O7Si2. The Bertz CT molecular complexity index is 941. The third-order valence-corrected chi connectivity index (χ3v) is 17.4. The Morgan fingerprint density at radius 1 is 1.03 bits per heavy atom. The summed E-state index contributed by atoms with van der Waals surface area (Å²) in [6.07, 6.45) is -1.06. The van der Waals surface area contributed by atoms with Gasteiger partial charge >= 0.3 is 22.8 Å². The fourth-order valence-electron chi connectivity index (χ4n) is 5.30. The van der Waals surface area contributed by atoms with E-state index in [1.165, 1.54) is 16.8 Å². The average molecular weight is 501 g/mol. The summed E-state index contributed by atoms with van der Waals surface area (Å²) in [5.74, 6) is 0. The van der Waals surface area contributed by atoms with Crippen molar-refractivity contribution in [2.75, 3.05) is 6.61 Å². The Kier molecular flexibility index (Phi) is 7.37. The molecule has 188 valence electrons. The van der Waals surface area contributed by atoms with Gasteiger partial charge in [-0.25, -0.2) is 4.79 Å². The van der Waals surface area contributed by atoms with Crippen LogP contribution in [0.4, 0.5) is 0 Å². The quantitative estimate of drug-likeness (QED) is 0.597. The van der Waals surface area contributed by atoms with Crippen LogP contribution in [0.5, 0.6) is 0 Å². The van der Waals surface area contributed by atoms with Crippen LogP contribution < -0.4 is 11.2 Å². The highest BCUT2D eigenvalue weighted by Crippen LogP contribution is 2.50. The second kappa shape index (κ2) is 9.17. The van der Waals surface area contributed by atoms with Gasteiger partial charge in [0.15, 0.2) is 6.23 Å². The summed E-state index contributed by atoms with van der Waals surface area (Å²) in [4.78, 5) is 26.3. The lowest BCUT2D eigenvalue weighted by atomic mass is 9.96. The molecule has 0 amide bonds. The van der Waals surface area contributed by atoms with Gasteiger partial charge in [0.2, 0.25) is 0 Å². The van der Waals surface area contributed by atoms with Gasteiger partial charge in [0.05, 0.1) is 6.61 Å². The van der Waals surface area contributed by atoms with E-state index in [1.54, 1.807) is 6.92 Å². The number of hydrogen-bond donors (Lipinski definition) is 2. The lowest BCUT2D eigenvalue weighted by molar-refractivity contribution is -0.0973. The highest BCUT2D eigenvalue weighted by atomic mass is 28.5. The van der Waals surface area contributed by atoms with E-state index in [2.05, 4.69) is 60.4 Å². The van der Waals surface area contributed by atoms with Gasteiger partial charge in [0, 0.05) is 12.3 Å². The van der Waals surface area contributed by atoms with Gasteiger partial charge in [-0.1, -0.05) is 55.4 Å². The first-order valence-electron chi connectivity index (χ1n) is 11.9. The number of rotatable bonds is 5. The number of nitrogens with one attached hydrogen (secondary N) is 1. The van der Waals surface area contributed by atoms with Crippen LogP contribution in [0.2, 0.25) is 22.2 Å². The summed E-state index contributed by atoms with van der Waals surface area (Å²) in [6.45, 7) is 18.8. The maximum Gasteiger partial charge on any atom is 0.335 e. The highest BCUT2D eigenvalue weighted by molar-refractivity contribution is 6.84. The maximum absolute atomic E-state index is 12.5. The molecule has 0 radical (unpaired) electrons. The molecular weight excluding hydrogens is 460 g/mol. The molecule has 9 nitrogen and oxygen atoms in total. The number of aromatic amines is 1. The van der Waals surface area contributed by atoms with E-state index in [-0.39, 0.29) is 28.8 Å². The van der Waals surface area contributed by atoms with Crippen molar-refractivity contribution in [2.24, 2.45) is 0 Å². The van der Waals surface area contributed by atoms with Crippen molar-refractivity contribution in [2.45, 2.75) is 109 Å². The summed E-state index contributed by atoms with van der Waals surface area (Å²) in [7, 11) is -5.70. The molecule has 0 aliphatic carbocycles. The molecule has 0 unspecified atom stereocenters. The Morgan fingerprint density at radius 3 is 2.06 bits per heavy atom. The van der Waals surface area contributed by atoms with Crippen molar-refractivity contribution in [3.63, 3.8) is 0 Å². The Balaban J connectivity index is 2.14. The van der Waals surface area contributed by atoms with Crippen LogP contribution in [0.25, 0.3) is 0 Å². The van der Waals surface area contributed by atoms with Crippen LogP contribution in [-0.2, 0) is 17.7 Å². The second-order valence-corrected chi connectivity index (χ2v) is 19.6. The van der Waals surface area contributed by atoms with Crippen LogP contribution >= 0.6 is 0 Å². The molecule has 1 aromatic heterocycles. The molecule has 2 saturated heterocycles.